The number of hydrogen-bond donors (Lipinski definition) is 2. The fraction of sp³-hybridized carbons (Fsp3) is 0.345. The van der Waals surface area contributed by atoms with Gasteiger partial charge in [-0.25, -0.2) is 9.97 Å². The molecule has 38 heavy (non-hydrogen) atoms. The Hall–Kier alpha value is -3.43. The van der Waals surface area contributed by atoms with E-state index < -0.39 is 0 Å². The summed E-state index contributed by atoms with van der Waals surface area (Å²) in [6.07, 6.45) is 4.04. The van der Waals surface area contributed by atoms with E-state index in [2.05, 4.69) is 84.5 Å². The van der Waals surface area contributed by atoms with Crippen molar-refractivity contribution >= 4 is 44.4 Å². The van der Waals surface area contributed by atoms with Gasteiger partial charge in [0, 0.05) is 43.1 Å². The van der Waals surface area contributed by atoms with Crippen molar-refractivity contribution < 1.29 is 4.79 Å². The van der Waals surface area contributed by atoms with Crippen LogP contribution < -0.4 is 10.2 Å². The molecular weight excluding hydrogens is 542 g/mol. The predicted molar refractivity (Wildman–Crippen MR) is 155 cm³/mol. The van der Waals surface area contributed by atoms with Gasteiger partial charge >= 0.3 is 0 Å². The Bertz CT molecular complexity index is 1410. The van der Waals surface area contributed by atoms with E-state index in [0.717, 1.165) is 76.4 Å². The molecule has 4 aromatic rings. The minimum absolute atomic E-state index is 0.155. The van der Waals surface area contributed by atoms with Crippen molar-refractivity contribution in [1.29, 1.82) is 0 Å². The second-order valence-corrected chi connectivity index (χ2v) is 11.1. The number of aromatic nitrogens is 3. The van der Waals surface area contributed by atoms with Gasteiger partial charge in [-0.15, -0.1) is 0 Å². The molecule has 2 fully saturated rings. The number of anilines is 2. The Balaban J connectivity index is 1.15. The first-order chi connectivity index (χ1) is 18.5. The lowest BCUT2D eigenvalue weighted by atomic mass is 10.1. The van der Waals surface area contributed by atoms with E-state index in [1.807, 2.05) is 29.3 Å². The van der Waals surface area contributed by atoms with Gasteiger partial charge in [0.2, 0.25) is 5.91 Å². The van der Waals surface area contributed by atoms with Gasteiger partial charge in [-0.1, -0.05) is 30.3 Å². The van der Waals surface area contributed by atoms with Crippen LogP contribution in [-0.2, 0) is 11.3 Å². The molecular formula is C29H32BrN7O. The minimum atomic E-state index is 0.155. The van der Waals surface area contributed by atoms with Crippen molar-refractivity contribution in [3.05, 3.63) is 70.8 Å². The summed E-state index contributed by atoms with van der Waals surface area (Å²) < 4.78 is 0.924. The molecule has 196 valence electrons. The van der Waals surface area contributed by atoms with Gasteiger partial charge in [0.25, 0.3) is 0 Å². The Morgan fingerprint density at radius 2 is 1.79 bits per heavy atom. The van der Waals surface area contributed by atoms with Gasteiger partial charge in [0.15, 0.2) is 5.65 Å². The summed E-state index contributed by atoms with van der Waals surface area (Å²) in [5.74, 6) is 0.940. The fourth-order valence-electron chi connectivity index (χ4n) is 5.29. The molecule has 2 aliphatic heterocycles. The molecule has 0 bridgehead atoms. The van der Waals surface area contributed by atoms with Crippen molar-refractivity contribution in [2.75, 3.05) is 50.0 Å². The standard InChI is InChI=1S/C29H32BrN7O/c1-35-13-11-22(12-14-35)32-26-24(30)17-31-29-27(26)33-28(34-29)21-7-9-23(10-8-21)36-15-16-37(25(38)19-36)18-20-5-3-2-4-6-20/h2-10,17,22H,11-16,18-19H2,1H3,(H2,31,32,33,34). The number of amides is 1. The SMILES string of the molecule is CN1CCC(Nc2c(Br)cnc3[nH]c(-c4ccc(N5CCN(Cc6ccccc6)C(=O)C5)cc4)nc23)CC1. The van der Waals surface area contributed by atoms with Crippen LogP contribution in [0.1, 0.15) is 18.4 Å². The third kappa shape index (κ3) is 5.26. The Morgan fingerprint density at radius 3 is 2.53 bits per heavy atom. The summed E-state index contributed by atoms with van der Waals surface area (Å²) in [4.78, 5) is 32.2. The largest absolute Gasteiger partial charge is 0.379 e. The lowest BCUT2D eigenvalue weighted by Gasteiger charge is -2.35. The number of hydrogen-bond acceptors (Lipinski definition) is 6. The molecule has 2 aliphatic rings. The average Bonchev–Trinajstić information content (AvgIpc) is 3.38. The summed E-state index contributed by atoms with van der Waals surface area (Å²) in [5.41, 5.74) is 5.80. The number of aromatic amines is 1. The van der Waals surface area contributed by atoms with Crippen molar-refractivity contribution in [2.24, 2.45) is 0 Å². The van der Waals surface area contributed by atoms with E-state index in [1.54, 1.807) is 0 Å². The first kappa shape index (κ1) is 24.9. The first-order valence-electron chi connectivity index (χ1n) is 13.2. The lowest BCUT2D eigenvalue weighted by Crippen LogP contribution is -2.50. The molecule has 9 heteroatoms. The smallest absolute Gasteiger partial charge is 0.242 e. The van der Waals surface area contributed by atoms with Crippen LogP contribution >= 0.6 is 15.9 Å². The second kappa shape index (κ2) is 10.7. The Morgan fingerprint density at radius 1 is 1.03 bits per heavy atom. The maximum absolute atomic E-state index is 12.8. The molecule has 0 unspecified atom stereocenters. The van der Waals surface area contributed by atoms with E-state index >= 15 is 0 Å². The molecule has 2 saturated heterocycles. The molecule has 2 aromatic carbocycles. The molecule has 0 atom stereocenters. The van der Waals surface area contributed by atoms with Crippen molar-refractivity contribution in [1.82, 2.24) is 24.8 Å². The number of fused-ring (bicyclic) bond motifs is 1. The van der Waals surface area contributed by atoms with Gasteiger partial charge in [0.05, 0.1) is 16.7 Å². The Kier molecular flexibility index (Phi) is 7.04. The molecule has 0 radical (unpaired) electrons. The number of halogens is 1. The molecule has 0 spiro atoms. The number of nitrogens with zero attached hydrogens (tertiary/aromatic N) is 5. The van der Waals surface area contributed by atoms with Crippen LogP contribution in [0.3, 0.4) is 0 Å². The highest BCUT2D eigenvalue weighted by atomic mass is 79.9. The number of carbonyl (C=O) groups excluding carboxylic acids is 1. The van der Waals surface area contributed by atoms with Crippen LogP contribution in [0.25, 0.3) is 22.6 Å². The summed E-state index contributed by atoms with van der Waals surface area (Å²) in [5, 5.41) is 3.71. The van der Waals surface area contributed by atoms with Crippen LogP contribution in [0.2, 0.25) is 0 Å². The van der Waals surface area contributed by atoms with Crippen molar-refractivity contribution in [3.8, 4) is 11.4 Å². The van der Waals surface area contributed by atoms with Crippen LogP contribution in [0, 0.1) is 0 Å². The molecule has 2 N–H and O–H groups in total. The van der Waals surface area contributed by atoms with Gasteiger partial charge in [-0.3, -0.25) is 4.79 Å². The number of piperidine rings is 1. The van der Waals surface area contributed by atoms with Crippen LogP contribution in [0.4, 0.5) is 11.4 Å². The third-order valence-corrected chi connectivity index (χ3v) is 8.18. The van der Waals surface area contributed by atoms with Crippen LogP contribution in [-0.4, -0.2) is 76.5 Å². The number of pyridine rings is 1. The lowest BCUT2D eigenvalue weighted by molar-refractivity contribution is -0.131. The molecule has 8 nitrogen and oxygen atoms in total. The van der Waals surface area contributed by atoms with E-state index in [9.17, 15) is 4.79 Å². The molecule has 1 amide bonds. The number of imidazole rings is 1. The zero-order valence-corrected chi connectivity index (χ0v) is 23.1. The number of piperazine rings is 1. The van der Waals surface area contributed by atoms with E-state index in [-0.39, 0.29) is 5.91 Å². The summed E-state index contributed by atoms with van der Waals surface area (Å²) >= 11 is 3.68. The van der Waals surface area contributed by atoms with Crippen LogP contribution in [0.15, 0.2) is 65.3 Å². The number of likely N-dealkylation sites (tertiary alicyclic amines) is 1. The maximum atomic E-state index is 12.8. The zero-order valence-electron chi connectivity index (χ0n) is 21.5. The molecule has 0 saturated carbocycles. The fourth-order valence-corrected chi connectivity index (χ4v) is 5.70. The van der Waals surface area contributed by atoms with E-state index in [1.165, 1.54) is 0 Å². The van der Waals surface area contributed by atoms with Gasteiger partial charge in [-0.05, 0) is 78.7 Å². The summed E-state index contributed by atoms with van der Waals surface area (Å²) in [7, 11) is 2.17. The zero-order chi connectivity index (χ0) is 26.1. The predicted octanol–water partition coefficient (Wildman–Crippen LogP) is 4.74. The highest BCUT2D eigenvalue weighted by Crippen LogP contribution is 2.33. The molecule has 2 aromatic heterocycles. The van der Waals surface area contributed by atoms with Gasteiger partial charge in [0.1, 0.15) is 11.3 Å². The van der Waals surface area contributed by atoms with Gasteiger partial charge in [-0.2, -0.15) is 0 Å². The van der Waals surface area contributed by atoms with E-state index in [0.29, 0.717) is 25.7 Å². The van der Waals surface area contributed by atoms with Crippen LogP contribution in [0.5, 0.6) is 0 Å². The van der Waals surface area contributed by atoms with Crippen molar-refractivity contribution in [3.63, 3.8) is 0 Å². The number of rotatable bonds is 6. The number of nitrogens with one attached hydrogen (secondary N) is 2. The summed E-state index contributed by atoms with van der Waals surface area (Å²) in [6, 6.07) is 18.9. The minimum Gasteiger partial charge on any atom is -0.379 e. The molecule has 6 rings (SSSR count). The number of carbonyl (C=O) groups is 1. The number of benzene rings is 2. The maximum Gasteiger partial charge on any atom is 0.242 e. The topological polar surface area (TPSA) is 80.4 Å². The Labute approximate surface area is 231 Å². The number of H-pyrrole nitrogens is 1. The molecule has 0 aliphatic carbocycles. The van der Waals surface area contributed by atoms with Gasteiger partial charge < -0.3 is 25.0 Å². The highest BCUT2D eigenvalue weighted by molar-refractivity contribution is 9.10. The monoisotopic (exact) mass is 573 g/mol. The molecule has 4 heterocycles. The average molecular weight is 575 g/mol. The first-order valence-corrected chi connectivity index (χ1v) is 14.0. The van der Waals surface area contributed by atoms with E-state index in [4.69, 9.17) is 4.98 Å². The second-order valence-electron chi connectivity index (χ2n) is 10.3. The normalized spacial score (nSPS) is 17.4. The summed E-state index contributed by atoms with van der Waals surface area (Å²) in [6.45, 7) is 4.77. The highest BCUT2D eigenvalue weighted by Gasteiger charge is 2.24. The third-order valence-electron chi connectivity index (χ3n) is 7.58. The quantitative estimate of drug-likeness (QED) is 0.347. The van der Waals surface area contributed by atoms with Crippen molar-refractivity contribution in [2.45, 2.75) is 25.4 Å².